The number of hydrogen-bond acceptors (Lipinski definition) is 4. The van der Waals surface area contributed by atoms with Crippen LogP contribution in [0.4, 0.5) is 0 Å². The van der Waals surface area contributed by atoms with Crippen molar-refractivity contribution in [1.82, 2.24) is 15.1 Å². The van der Waals surface area contributed by atoms with E-state index in [4.69, 9.17) is 0 Å². The SMILES string of the molecule is CC(C)CC(=O)N1CCC(NC(=O)CCN2C(=O)C3CCCCC3C2=O)CC1. The fourth-order valence-corrected chi connectivity index (χ4v) is 4.72. The van der Waals surface area contributed by atoms with Gasteiger partial charge >= 0.3 is 0 Å². The van der Waals surface area contributed by atoms with Crippen LogP contribution < -0.4 is 5.32 Å². The summed E-state index contributed by atoms with van der Waals surface area (Å²) in [5, 5.41) is 3.01. The number of nitrogens with one attached hydrogen (secondary N) is 1. The predicted molar refractivity (Wildman–Crippen MR) is 104 cm³/mol. The zero-order valence-electron chi connectivity index (χ0n) is 17.1. The monoisotopic (exact) mass is 391 g/mol. The Morgan fingerprint density at radius 1 is 1.00 bits per heavy atom. The number of hydrogen-bond donors (Lipinski definition) is 1. The van der Waals surface area contributed by atoms with Crippen molar-refractivity contribution in [2.24, 2.45) is 17.8 Å². The molecule has 0 aromatic rings. The van der Waals surface area contributed by atoms with Gasteiger partial charge in [0.15, 0.2) is 0 Å². The molecule has 7 heteroatoms. The van der Waals surface area contributed by atoms with Crippen molar-refractivity contribution in [3.63, 3.8) is 0 Å². The van der Waals surface area contributed by atoms with Crippen molar-refractivity contribution in [3.8, 4) is 0 Å². The number of piperidine rings is 1. The Balaban J connectivity index is 1.40. The maximum atomic E-state index is 12.5. The van der Waals surface area contributed by atoms with Crippen LogP contribution in [0.15, 0.2) is 0 Å². The molecule has 3 fully saturated rings. The quantitative estimate of drug-likeness (QED) is 0.698. The number of carbonyl (C=O) groups excluding carboxylic acids is 4. The fraction of sp³-hybridized carbons (Fsp3) is 0.810. The molecule has 1 aliphatic carbocycles. The summed E-state index contributed by atoms with van der Waals surface area (Å²) in [6.45, 7) is 5.60. The van der Waals surface area contributed by atoms with Gasteiger partial charge in [-0.2, -0.15) is 0 Å². The van der Waals surface area contributed by atoms with Crippen LogP contribution in [0, 0.1) is 17.8 Å². The van der Waals surface area contributed by atoms with E-state index in [1.165, 1.54) is 4.90 Å². The molecule has 3 aliphatic rings. The molecular formula is C21H33N3O4. The average Bonchev–Trinajstić information content (AvgIpc) is 2.91. The van der Waals surface area contributed by atoms with Gasteiger partial charge in [0.25, 0.3) is 0 Å². The Hall–Kier alpha value is -1.92. The maximum absolute atomic E-state index is 12.5. The molecule has 3 rings (SSSR count). The number of likely N-dealkylation sites (tertiary alicyclic amines) is 2. The van der Waals surface area contributed by atoms with Crippen molar-refractivity contribution in [2.75, 3.05) is 19.6 Å². The lowest BCUT2D eigenvalue weighted by molar-refractivity contribution is -0.140. The highest BCUT2D eigenvalue weighted by atomic mass is 16.2. The van der Waals surface area contributed by atoms with Gasteiger partial charge < -0.3 is 10.2 Å². The second-order valence-electron chi connectivity index (χ2n) is 8.90. The molecule has 0 aromatic heterocycles. The molecule has 0 bridgehead atoms. The van der Waals surface area contributed by atoms with Gasteiger partial charge in [-0.1, -0.05) is 26.7 Å². The van der Waals surface area contributed by atoms with Crippen LogP contribution in [0.2, 0.25) is 0 Å². The molecule has 2 unspecified atom stereocenters. The van der Waals surface area contributed by atoms with E-state index in [-0.39, 0.29) is 54.5 Å². The third-order valence-electron chi connectivity index (χ3n) is 6.29. The van der Waals surface area contributed by atoms with Gasteiger partial charge in [0, 0.05) is 38.5 Å². The van der Waals surface area contributed by atoms with E-state index < -0.39 is 0 Å². The van der Waals surface area contributed by atoms with E-state index in [9.17, 15) is 19.2 Å². The zero-order chi connectivity index (χ0) is 20.3. The van der Waals surface area contributed by atoms with Crippen LogP contribution in [0.1, 0.15) is 65.2 Å². The smallest absolute Gasteiger partial charge is 0.233 e. The predicted octanol–water partition coefficient (Wildman–Crippen LogP) is 1.70. The second kappa shape index (κ2) is 9.05. The molecule has 156 valence electrons. The number of carbonyl (C=O) groups is 4. The van der Waals surface area contributed by atoms with Gasteiger partial charge in [-0.15, -0.1) is 0 Å². The maximum Gasteiger partial charge on any atom is 0.233 e. The molecule has 1 N–H and O–H groups in total. The Morgan fingerprint density at radius 2 is 1.57 bits per heavy atom. The van der Waals surface area contributed by atoms with Crippen LogP contribution in [0.5, 0.6) is 0 Å². The van der Waals surface area contributed by atoms with E-state index >= 15 is 0 Å². The molecule has 2 heterocycles. The van der Waals surface area contributed by atoms with Crippen LogP contribution in [-0.4, -0.2) is 59.1 Å². The summed E-state index contributed by atoms with van der Waals surface area (Å²) in [6, 6.07) is 0.0585. The summed E-state index contributed by atoms with van der Waals surface area (Å²) in [4.78, 5) is 52.6. The first-order chi connectivity index (χ1) is 13.4. The second-order valence-corrected chi connectivity index (χ2v) is 8.90. The molecule has 7 nitrogen and oxygen atoms in total. The first-order valence-corrected chi connectivity index (χ1v) is 10.8. The van der Waals surface area contributed by atoms with Crippen molar-refractivity contribution in [1.29, 1.82) is 0 Å². The summed E-state index contributed by atoms with van der Waals surface area (Å²) >= 11 is 0. The van der Waals surface area contributed by atoms with E-state index in [1.54, 1.807) is 0 Å². The highest BCUT2D eigenvalue weighted by Crippen LogP contribution is 2.37. The number of nitrogens with zero attached hydrogens (tertiary/aromatic N) is 2. The minimum absolute atomic E-state index is 0.0585. The molecule has 2 aliphatic heterocycles. The van der Waals surface area contributed by atoms with Gasteiger partial charge in [-0.25, -0.2) is 0 Å². The standard InChI is InChI=1S/C21H33N3O4/c1-14(2)13-19(26)23-10-7-15(8-11-23)22-18(25)9-12-24-20(27)16-5-3-4-6-17(16)21(24)28/h14-17H,3-13H2,1-2H3,(H,22,25). The van der Waals surface area contributed by atoms with Gasteiger partial charge in [0.05, 0.1) is 11.8 Å². The van der Waals surface area contributed by atoms with Gasteiger partial charge in [-0.3, -0.25) is 24.1 Å². The van der Waals surface area contributed by atoms with E-state index in [0.29, 0.717) is 25.4 Å². The van der Waals surface area contributed by atoms with Crippen LogP contribution in [0.3, 0.4) is 0 Å². The highest BCUT2D eigenvalue weighted by Gasteiger charge is 2.47. The molecule has 2 atom stereocenters. The first kappa shape index (κ1) is 20.8. The van der Waals surface area contributed by atoms with E-state index in [0.717, 1.165) is 38.5 Å². The van der Waals surface area contributed by atoms with Gasteiger partial charge in [-0.05, 0) is 31.6 Å². The van der Waals surface area contributed by atoms with Crippen LogP contribution in [-0.2, 0) is 19.2 Å². The highest BCUT2D eigenvalue weighted by molar-refractivity contribution is 6.05. The Morgan fingerprint density at radius 3 is 2.11 bits per heavy atom. The van der Waals surface area contributed by atoms with Crippen molar-refractivity contribution in [2.45, 2.75) is 71.3 Å². The average molecular weight is 392 g/mol. The van der Waals surface area contributed by atoms with Gasteiger partial charge in [0.1, 0.15) is 0 Å². The third kappa shape index (κ3) is 4.73. The van der Waals surface area contributed by atoms with E-state index in [2.05, 4.69) is 5.32 Å². The van der Waals surface area contributed by atoms with Crippen molar-refractivity contribution < 1.29 is 19.2 Å². The topological polar surface area (TPSA) is 86.8 Å². The zero-order valence-corrected chi connectivity index (χ0v) is 17.1. The number of amides is 4. The van der Waals surface area contributed by atoms with Crippen molar-refractivity contribution >= 4 is 23.6 Å². The number of fused-ring (bicyclic) bond motifs is 1. The minimum atomic E-state index is -0.156. The normalized spacial score (nSPS) is 26.0. The third-order valence-corrected chi connectivity index (χ3v) is 6.29. The Kier molecular flexibility index (Phi) is 6.73. The first-order valence-electron chi connectivity index (χ1n) is 10.8. The fourth-order valence-electron chi connectivity index (χ4n) is 4.72. The summed E-state index contributed by atoms with van der Waals surface area (Å²) in [5.74, 6) is -0.0625. The molecule has 28 heavy (non-hydrogen) atoms. The summed E-state index contributed by atoms with van der Waals surface area (Å²) in [6.07, 6.45) is 5.83. The largest absolute Gasteiger partial charge is 0.353 e. The molecule has 0 radical (unpaired) electrons. The Bertz CT molecular complexity index is 601. The van der Waals surface area contributed by atoms with E-state index in [1.807, 2.05) is 18.7 Å². The van der Waals surface area contributed by atoms with Crippen LogP contribution >= 0.6 is 0 Å². The molecule has 0 spiro atoms. The lowest BCUT2D eigenvalue weighted by atomic mass is 9.81. The lowest BCUT2D eigenvalue weighted by Crippen LogP contribution is -2.47. The summed E-state index contributed by atoms with van der Waals surface area (Å²) in [7, 11) is 0. The summed E-state index contributed by atoms with van der Waals surface area (Å²) in [5.41, 5.74) is 0. The van der Waals surface area contributed by atoms with Crippen LogP contribution in [0.25, 0.3) is 0 Å². The number of imide groups is 1. The molecule has 2 saturated heterocycles. The molecule has 1 saturated carbocycles. The Labute approximate surface area is 167 Å². The van der Waals surface area contributed by atoms with Gasteiger partial charge in [0.2, 0.25) is 23.6 Å². The molecule has 0 aromatic carbocycles. The molecular weight excluding hydrogens is 358 g/mol. The minimum Gasteiger partial charge on any atom is -0.353 e. The van der Waals surface area contributed by atoms with Crippen molar-refractivity contribution in [3.05, 3.63) is 0 Å². The lowest BCUT2D eigenvalue weighted by Gasteiger charge is -2.33. The summed E-state index contributed by atoms with van der Waals surface area (Å²) < 4.78 is 0. The molecule has 4 amide bonds. The number of rotatable bonds is 6.